The second-order valence-electron chi connectivity index (χ2n) is 3.67. The van der Waals surface area contributed by atoms with Crippen LogP contribution >= 0.6 is 0 Å². The number of rotatable bonds is 2. The van der Waals surface area contributed by atoms with Crippen molar-refractivity contribution in [1.29, 1.82) is 0 Å². The van der Waals surface area contributed by atoms with Crippen molar-refractivity contribution in [3.63, 3.8) is 0 Å². The third-order valence-electron chi connectivity index (χ3n) is 2.29. The number of anilines is 2. The summed E-state index contributed by atoms with van der Waals surface area (Å²) in [5.41, 5.74) is 13.7. The fourth-order valence-electron chi connectivity index (χ4n) is 1.58. The molecule has 82 valence electrons. The number of para-hydroxylation sites is 1. The molecule has 3 nitrogen and oxygen atoms in total. The van der Waals surface area contributed by atoms with Crippen LogP contribution in [-0.2, 0) is 0 Å². The first-order chi connectivity index (χ1) is 7.66. The molecule has 3 heteroatoms. The van der Waals surface area contributed by atoms with Crippen molar-refractivity contribution >= 4 is 11.4 Å². The number of hydrogen-bond donors (Lipinski definition) is 2. The highest BCUT2D eigenvalue weighted by Crippen LogP contribution is 2.32. The molecule has 2 rings (SSSR count). The maximum absolute atomic E-state index is 5.87. The summed E-state index contributed by atoms with van der Waals surface area (Å²) in [5, 5.41) is 0. The average Bonchev–Trinajstić information content (AvgIpc) is 2.25. The molecule has 0 aromatic heterocycles. The van der Waals surface area contributed by atoms with E-state index in [1.807, 2.05) is 43.3 Å². The van der Waals surface area contributed by atoms with Gasteiger partial charge in [-0.3, -0.25) is 0 Å². The van der Waals surface area contributed by atoms with Crippen molar-refractivity contribution in [2.75, 3.05) is 11.5 Å². The van der Waals surface area contributed by atoms with Gasteiger partial charge in [0.15, 0.2) is 5.75 Å². The van der Waals surface area contributed by atoms with Crippen molar-refractivity contribution < 1.29 is 4.74 Å². The molecule has 0 saturated carbocycles. The minimum atomic E-state index is 0.557. The van der Waals surface area contributed by atoms with Crippen molar-refractivity contribution in [3.8, 4) is 11.5 Å². The van der Waals surface area contributed by atoms with E-state index in [-0.39, 0.29) is 0 Å². The van der Waals surface area contributed by atoms with Gasteiger partial charge < -0.3 is 16.2 Å². The van der Waals surface area contributed by atoms with E-state index in [2.05, 4.69) is 0 Å². The molecule has 2 aromatic carbocycles. The fourth-order valence-corrected chi connectivity index (χ4v) is 1.58. The Hall–Kier alpha value is -2.16. The lowest BCUT2D eigenvalue weighted by molar-refractivity contribution is 0.481. The summed E-state index contributed by atoms with van der Waals surface area (Å²) in [4.78, 5) is 0. The fraction of sp³-hybridized carbons (Fsp3) is 0.0769. The maximum atomic E-state index is 5.87. The SMILES string of the molecule is Cc1cc(N)cc(N)c1Oc1ccccc1. The van der Waals surface area contributed by atoms with E-state index < -0.39 is 0 Å². The Morgan fingerprint density at radius 1 is 1.00 bits per heavy atom. The molecule has 0 heterocycles. The highest BCUT2D eigenvalue weighted by atomic mass is 16.5. The summed E-state index contributed by atoms with van der Waals surface area (Å²) in [6, 6.07) is 13.1. The number of nitrogens with two attached hydrogens (primary N) is 2. The lowest BCUT2D eigenvalue weighted by Gasteiger charge is -2.12. The van der Waals surface area contributed by atoms with E-state index in [4.69, 9.17) is 16.2 Å². The molecule has 0 bridgehead atoms. The molecule has 0 radical (unpaired) electrons. The van der Waals surface area contributed by atoms with Gasteiger partial charge in [0.2, 0.25) is 0 Å². The summed E-state index contributed by atoms with van der Waals surface area (Å²) in [7, 11) is 0. The Labute approximate surface area is 94.6 Å². The number of hydrogen-bond acceptors (Lipinski definition) is 3. The molecule has 2 aromatic rings. The molecular formula is C13H14N2O. The van der Waals surface area contributed by atoms with E-state index in [1.165, 1.54) is 0 Å². The van der Waals surface area contributed by atoms with Gasteiger partial charge in [0.05, 0.1) is 5.69 Å². The first-order valence-electron chi connectivity index (χ1n) is 5.05. The molecule has 0 aliphatic carbocycles. The number of benzene rings is 2. The zero-order valence-electron chi connectivity index (χ0n) is 9.10. The zero-order chi connectivity index (χ0) is 11.5. The molecule has 0 spiro atoms. The topological polar surface area (TPSA) is 61.3 Å². The molecule has 4 N–H and O–H groups in total. The predicted molar refractivity (Wildman–Crippen MR) is 66.5 cm³/mol. The van der Waals surface area contributed by atoms with Gasteiger partial charge in [-0.05, 0) is 36.8 Å². The van der Waals surface area contributed by atoms with Crippen LogP contribution in [0.3, 0.4) is 0 Å². The molecule has 16 heavy (non-hydrogen) atoms. The Balaban J connectivity index is 2.35. The first kappa shape index (κ1) is 10.4. The Morgan fingerprint density at radius 3 is 2.31 bits per heavy atom. The third kappa shape index (κ3) is 2.08. The van der Waals surface area contributed by atoms with Crippen molar-refractivity contribution in [1.82, 2.24) is 0 Å². The second kappa shape index (κ2) is 4.14. The molecular weight excluding hydrogens is 200 g/mol. The smallest absolute Gasteiger partial charge is 0.153 e. The summed E-state index contributed by atoms with van der Waals surface area (Å²) in [6.07, 6.45) is 0. The minimum absolute atomic E-state index is 0.557. The van der Waals surface area contributed by atoms with Crippen molar-refractivity contribution in [2.45, 2.75) is 6.92 Å². The van der Waals surface area contributed by atoms with Crippen molar-refractivity contribution in [2.24, 2.45) is 0 Å². The van der Waals surface area contributed by atoms with Crippen LogP contribution in [0.25, 0.3) is 0 Å². The number of ether oxygens (including phenoxy) is 1. The molecule has 0 fully saturated rings. The predicted octanol–water partition coefficient (Wildman–Crippen LogP) is 2.95. The van der Waals surface area contributed by atoms with Gasteiger partial charge in [0.1, 0.15) is 5.75 Å². The molecule has 0 amide bonds. The molecule has 0 aliphatic rings. The van der Waals surface area contributed by atoms with Gasteiger partial charge >= 0.3 is 0 Å². The van der Waals surface area contributed by atoms with E-state index in [0.29, 0.717) is 17.1 Å². The Bertz CT molecular complexity index is 472. The third-order valence-corrected chi connectivity index (χ3v) is 2.29. The van der Waals surface area contributed by atoms with Gasteiger partial charge in [-0.2, -0.15) is 0 Å². The van der Waals surface area contributed by atoms with E-state index in [9.17, 15) is 0 Å². The summed E-state index contributed by atoms with van der Waals surface area (Å²) in [5.74, 6) is 1.43. The highest BCUT2D eigenvalue weighted by molar-refractivity contribution is 5.65. The highest BCUT2D eigenvalue weighted by Gasteiger charge is 2.06. The van der Waals surface area contributed by atoms with Gasteiger partial charge in [-0.25, -0.2) is 0 Å². The lowest BCUT2D eigenvalue weighted by Crippen LogP contribution is -1.97. The van der Waals surface area contributed by atoms with Gasteiger partial charge in [0.25, 0.3) is 0 Å². The standard InChI is InChI=1S/C13H14N2O/c1-9-7-10(14)8-12(15)13(9)16-11-5-3-2-4-6-11/h2-8H,14-15H2,1H3. The zero-order valence-corrected chi connectivity index (χ0v) is 9.10. The van der Waals surface area contributed by atoms with Crippen LogP contribution in [0.15, 0.2) is 42.5 Å². The second-order valence-corrected chi connectivity index (χ2v) is 3.67. The van der Waals surface area contributed by atoms with Crippen LogP contribution in [0.4, 0.5) is 11.4 Å². The van der Waals surface area contributed by atoms with E-state index in [0.717, 1.165) is 11.3 Å². The molecule has 0 unspecified atom stereocenters. The quantitative estimate of drug-likeness (QED) is 0.755. The Morgan fingerprint density at radius 2 is 1.69 bits per heavy atom. The Kier molecular flexibility index (Phi) is 2.68. The first-order valence-corrected chi connectivity index (χ1v) is 5.05. The number of nitrogen functional groups attached to an aromatic ring is 2. The largest absolute Gasteiger partial charge is 0.455 e. The van der Waals surface area contributed by atoms with Crippen LogP contribution in [0.2, 0.25) is 0 Å². The van der Waals surface area contributed by atoms with Crippen molar-refractivity contribution in [3.05, 3.63) is 48.0 Å². The minimum Gasteiger partial charge on any atom is -0.455 e. The van der Waals surface area contributed by atoms with Crippen LogP contribution in [0.1, 0.15) is 5.56 Å². The van der Waals surface area contributed by atoms with Crippen LogP contribution in [0.5, 0.6) is 11.5 Å². The molecule has 0 aliphatic heterocycles. The normalized spacial score (nSPS) is 10.1. The maximum Gasteiger partial charge on any atom is 0.153 e. The molecule has 0 saturated heterocycles. The van der Waals surface area contributed by atoms with Gasteiger partial charge in [0, 0.05) is 5.69 Å². The van der Waals surface area contributed by atoms with Crippen LogP contribution in [0, 0.1) is 6.92 Å². The average molecular weight is 214 g/mol. The monoisotopic (exact) mass is 214 g/mol. The summed E-state index contributed by atoms with van der Waals surface area (Å²) < 4.78 is 5.71. The van der Waals surface area contributed by atoms with E-state index in [1.54, 1.807) is 6.07 Å². The van der Waals surface area contributed by atoms with Crippen LogP contribution < -0.4 is 16.2 Å². The molecule has 0 atom stereocenters. The summed E-state index contributed by atoms with van der Waals surface area (Å²) in [6.45, 7) is 1.92. The number of aryl methyl sites for hydroxylation is 1. The van der Waals surface area contributed by atoms with Gasteiger partial charge in [-0.15, -0.1) is 0 Å². The van der Waals surface area contributed by atoms with E-state index >= 15 is 0 Å². The summed E-state index contributed by atoms with van der Waals surface area (Å²) >= 11 is 0. The lowest BCUT2D eigenvalue weighted by atomic mass is 10.1. The van der Waals surface area contributed by atoms with Gasteiger partial charge in [-0.1, -0.05) is 18.2 Å². The van der Waals surface area contributed by atoms with Crippen LogP contribution in [-0.4, -0.2) is 0 Å².